The van der Waals surface area contributed by atoms with Crippen LogP contribution >= 0.6 is 0 Å². The molecule has 2 aromatic heterocycles. The van der Waals surface area contributed by atoms with Gasteiger partial charge in [0.1, 0.15) is 23.1 Å². The summed E-state index contributed by atoms with van der Waals surface area (Å²) in [6.45, 7) is 0. The average molecular weight is 576 g/mol. The second-order valence-electron chi connectivity index (χ2n) is 9.78. The molecule has 0 fully saturated rings. The van der Waals surface area contributed by atoms with Crippen LogP contribution in [-0.4, -0.2) is 52.2 Å². The van der Waals surface area contributed by atoms with E-state index in [4.69, 9.17) is 18.9 Å². The smallest absolute Gasteiger partial charge is 0.266 e. The Kier molecular flexibility index (Phi) is 7.98. The first kappa shape index (κ1) is 28.7. The number of nitriles is 1. The van der Waals surface area contributed by atoms with E-state index in [2.05, 4.69) is 6.07 Å². The van der Waals surface area contributed by atoms with Crippen molar-refractivity contribution in [2.24, 2.45) is 0 Å². The summed E-state index contributed by atoms with van der Waals surface area (Å²) < 4.78 is 16.2. The van der Waals surface area contributed by atoms with Gasteiger partial charge in [0.05, 0.1) is 31.7 Å². The third-order valence-electron chi connectivity index (χ3n) is 7.01. The number of carbonyl (C=O) groups excluding carboxylic acids is 2. The number of hydrogen-bond donors (Lipinski definition) is 0. The fraction of sp³-hybridized carbons (Fsp3) is 0.152. The number of methoxy groups -OCH3 is 2. The number of imide groups is 1. The minimum absolute atomic E-state index is 0.0195. The average Bonchev–Trinajstić information content (AvgIpc) is 3.59. The number of benzene rings is 3. The molecule has 0 bridgehead atoms. The van der Waals surface area contributed by atoms with E-state index in [1.807, 2.05) is 31.1 Å². The molecule has 0 spiro atoms. The van der Waals surface area contributed by atoms with Crippen LogP contribution in [0.1, 0.15) is 26.3 Å². The lowest BCUT2D eigenvalue weighted by Gasteiger charge is -2.26. The zero-order valence-corrected chi connectivity index (χ0v) is 24.4. The summed E-state index contributed by atoms with van der Waals surface area (Å²) in [5, 5.41) is 11.3. The van der Waals surface area contributed by atoms with Crippen LogP contribution in [0.2, 0.25) is 0 Å². The molecule has 10 heteroatoms. The monoisotopic (exact) mass is 575 g/mol. The van der Waals surface area contributed by atoms with Crippen molar-refractivity contribution in [2.45, 2.75) is 0 Å². The lowest BCUT2D eigenvalue weighted by atomic mass is 10.0. The van der Waals surface area contributed by atoms with Gasteiger partial charge in [-0.15, -0.1) is 0 Å². The van der Waals surface area contributed by atoms with Crippen LogP contribution in [0.4, 0.5) is 23.1 Å². The minimum Gasteiger partial charge on any atom is -0.497 e. The summed E-state index contributed by atoms with van der Waals surface area (Å²) >= 11 is 0. The molecule has 10 nitrogen and oxygen atoms in total. The number of nitrogens with zero attached hydrogens (tertiary/aromatic N) is 5. The Balaban J connectivity index is 1.80. The van der Waals surface area contributed by atoms with Gasteiger partial charge in [-0.2, -0.15) is 5.26 Å². The molecule has 0 aliphatic heterocycles. The third kappa shape index (κ3) is 5.44. The SMILES string of the molecule is COc1ccc(C(=O)N(C(=O)c2ccc(OC)cc2)c2nc3ccc(N(C)C)cc3c(N(C)c3ccco3)c2C#N)cc1. The summed E-state index contributed by atoms with van der Waals surface area (Å²) in [7, 11) is 8.61. The Morgan fingerprint density at radius 1 is 0.837 bits per heavy atom. The minimum atomic E-state index is -0.664. The highest BCUT2D eigenvalue weighted by Gasteiger charge is 2.33. The zero-order chi connectivity index (χ0) is 30.7. The van der Waals surface area contributed by atoms with Crippen LogP contribution in [0.5, 0.6) is 11.5 Å². The van der Waals surface area contributed by atoms with E-state index in [1.165, 1.54) is 20.5 Å². The highest BCUT2D eigenvalue weighted by molar-refractivity contribution is 6.26. The van der Waals surface area contributed by atoms with Crippen molar-refractivity contribution in [1.82, 2.24) is 4.98 Å². The molecule has 0 saturated heterocycles. The first-order valence-electron chi connectivity index (χ1n) is 13.3. The van der Waals surface area contributed by atoms with Gasteiger partial charge in [0.15, 0.2) is 11.7 Å². The normalized spacial score (nSPS) is 10.6. The van der Waals surface area contributed by atoms with Crippen LogP contribution < -0.4 is 24.2 Å². The number of fused-ring (bicyclic) bond motifs is 1. The van der Waals surface area contributed by atoms with Crippen molar-refractivity contribution < 1.29 is 23.5 Å². The molecule has 0 saturated carbocycles. The summed E-state index contributed by atoms with van der Waals surface area (Å²) in [5.74, 6) is 0.115. The third-order valence-corrected chi connectivity index (χ3v) is 7.01. The molecule has 2 heterocycles. The maximum absolute atomic E-state index is 14.2. The molecule has 2 amide bonds. The second kappa shape index (κ2) is 12.0. The number of hydrogen-bond acceptors (Lipinski definition) is 9. The lowest BCUT2D eigenvalue weighted by Crippen LogP contribution is -2.38. The summed E-state index contributed by atoms with van der Waals surface area (Å²) in [4.78, 5) is 37.7. The Labute approximate surface area is 248 Å². The standard InChI is InChI=1S/C33H29N5O5/c1-36(2)23-12-17-28-26(19-23)30(37(3)29-7-6-18-43-29)27(20-34)31(35-28)38(32(39)21-8-13-24(41-4)14-9-21)33(40)22-10-15-25(42-5)16-11-22/h6-19H,1-5H3. The Hall–Kier alpha value is -5.82. The molecule has 3 aromatic carbocycles. The molecule has 43 heavy (non-hydrogen) atoms. The van der Waals surface area contributed by atoms with Gasteiger partial charge in [-0.05, 0) is 72.8 Å². The van der Waals surface area contributed by atoms with Gasteiger partial charge in [0.25, 0.3) is 11.8 Å². The maximum Gasteiger partial charge on any atom is 0.266 e. The molecule has 5 rings (SSSR count). The van der Waals surface area contributed by atoms with Crippen LogP contribution in [0.3, 0.4) is 0 Å². The molecule has 0 aliphatic rings. The lowest BCUT2D eigenvalue weighted by molar-refractivity contribution is 0.0896. The quantitative estimate of drug-likeness (QED) is 0.204. The first-order chi connectivity index (χ1) is 20.8. The topological polar surface area (TPSA) is 112 Å². The molecule has 0 radical (unpaired) electrons. The van der Waals surface area contributed by atoms with Gasteiger partial charge in [-0.25, -0.2) is 9.88 Å². The number of furan rings is 1. The largest absolute Gasteiger partial charge is 0.497 e. The molecule has 0 atom stereocenters. The number of aromatic nitrogens is 1. The van der Waals surface area contributed by atoms with Crippen molar-refractivity contribution in [3.05, 3.63) is 102 Å². The van der Waals surface area contributed by atoms with Gasteiger partial charge in [-0.3, -0.25) is 9.59 Å². The molecular formula is C33H29N5O5. The van der Waals surface area contributed by atoms with Gasteiger partial charge < -0.3 is 23.7 Å². The van der Waals surface area contributed by atoms with Gasteiger partial charge in [0.2, 0.25) is 0 Å². The van der Waals surface area contributed by atoms with Crippen molar-refractivity contribution in [2.75, 3.05) is 50.1 Å². The van der Waals surface area contributed by atoms with Gasteiger partial charge in [-0.1, -0.05) is 0 Å². The Bertz CT molecular complexity index is 1770. The molecule has 216 valence electrons. The Morgan fingerprint density at radius 2 is 1.42 bits per heavy atom. The number of carbonyl (C=O) groups is 2. The van der Waals surface area contributed by atoms with Crippen LogP contribution in [0, 0.1) is 11.3 Å². The van der Waals surface area contributed by atoms with E-state index >= 15 is 0 Å². The van der Waals surface area contributed by atoms with Crippen LogP contribution in [0.25, 0.3) is 10.9 Å². The van der Waals surface area contributed by atoms with Gasteiger partial charge in [0, 0.05) is 49.4 Å². The van der Waals surface area contributed by atoms with Crippen LogP contribution in [0.15, 0.2) is 89.5 Å². The van der Waals surface area contributed by atoms with E-state index in [9.17, 15) is 14.9 Å². The predicted octanol–water partition coefficient (Wildman–Crippen LogP) is 6.04. The number of ether oxygens (including phenoxy) is 2. The summed E-state index contributed by atoms with van der Waals surface area (Å²) in [5.41, 5.74) is 2.21. The highest BCUT2D eigenvalue weighted by atomic mass is 16.5. The van der Waals surface area contributed by atoms with Crippen molar-refractivity contribution in [3.63, 3.8) is 0 Å². The molecule has 5 aromatic rings. The maximum atomic E-state index is 14.2. The molecule has 0 unspecified atom stereocenters. The summed E-state index contributed by atoms with van der Waals surface area (Å²) in [6, 6.07) is 24.0. The van der Waals surface area contributed by atoms with E-state index in [0.717, 1.165) is 10.6 Å². The summed E-state index contributed by atoms with van der Waals surface area (Å²) in [6.07, 6.45) is 1.53. The fourth-order valence-electron chi connectivity index (χ4n) is 4.69. The highest BCUT2D eigenvalue weighted by Crippen LogP contribution is 2.40. The predicted molar refractivity (Wildman–Crippen MR) is 165 cm³/mol. The second-order valence-corrected chi connectivity index (χ2v) is 9.78. The van der Waals surface area contributed by atoms with Crippen LogP contribution in [-0.2, 0) is 0 Å². The number of rotatable bonds is 8. The molecule has 0 aliphatic carbocycles. The number of anilines is 4. The fourth-order valence-corrected chi connectivity index (χ4v) is 4.69. The first-order valence-corrected chi connectivity index (χ1v) is 13.3. The number of pyridine rings is 1. The van der Waals surface area contributed by atoms with Crippen molar-refractivity contribution in [3.8, 4) is 17.6 Å². The van der Waals surface area contributed by atoms with E-state index in [1.54, 1.807) is 78.7 Å². The molecule has 0 N–H and O–H groups in total. The van der Waals surface area contributed by atoms with Crippen molar-refractivity contribution >= 4 is 45.8 Å². The van der Waals surface area contributed by atoms with E-state index in [0.29, 0.717) is 34.0 Å². The Morgan fingerprint density at radius 3 is 1.88 bits per heavy atom. The van der Waals surface area contributed by atoms with Gasteiger partial charge >= 0.3 is 0 Å². The van der Waals surface area contributed by atoms with E-state index < -0.39 is 11.8 Å². The molecular weight excluding hydrogens is 546 g/mol. The number of amides is 2. The zero-order valence-electron chi connectivity index (χ0n) is 24.4. The van der Waals surface area contributed by atoms with E-state index in [-0.39, 0.29) is 22.5 Å². The van der Waals surface area contributed by atoms with Crippen molar-refractivity contribution in [1.29, 1.82) is 5.26 Å².